The molecule has 0 amide bonds. The van der Waals surface area contributed by atoms with Gasteiger partial charge in [-0.25, -0.2) is 0 Å². The number of hydrogen-bond donors (Lipinski definition) is 4. The maximum atomic E-state index is 14.3. The molecule has 4 N–H and O–H groups in total. The summed E-state index contributed by atoms with van der Waals surface area (Å²) in [4.78, 5) is 14.3. The van der Waals surface area contributed by atoms with E-state index in [-0.39, 0.29) is 34.9 Å². The molecule has 3 heterocycles. The van der Waals surface area contributed by atoms with Crippen LogP contribution in [0.5, 0.6) is 0 Å². The highest BCUT2D eigenvalue weighted by Gasteiger charge is 2.71. The predicted octanol–water partition coefficient (Wildman–Crippen LogP) is 2.80. The first-order chi connectivity index (χ1) is 19.9. The fourth-order valence-corrected chi connectivity index (χ4v) is 11.4. The highest BCUT2D eigenvalue weighted by molar-refractivity contribution is 5.87. The Labute approximate surface area is 249 Å². The van der Waals surface area contributed by atoms with E-state index in [1.807, 2.05) is 0 Å². The normalized spacial score (nSPS) is 59.2. The Bertz CT molecular complexity index is 1040. The SMILES string of the molecule is C[C@@H]1CC[C@@]2(OC1)O[C@H]1C[C@H]3[C@@H]4CC[C@H]5C[C@@H](O[C@@H]6O[C@H](CO)C(O)C(O)C6O)CC[C@]5(C)[C@H]4CC(=O)[C@]3(C)[C@H]1[C@@H]2C. The van der Waals surface area contributed by atoms with E-state index in [9.17, 15) is 25.2 Å². The Hall–Kier alpha value is -0.650. The number of aliphatic hydroxyl groups excluding tert-OH is 4. The van der Waals surface area contributed by atoms with E-state index < -0.39 is 43.1 Å². The number of carbonyl (C=O) groups excluding carboxylic acids is 1. The second-order valence-corrected chi connectivity index (χ2v) is 15.8. The van der Waals surface area contributed by atoms with Gasteiger partial charge in [-0.2, -0.15) is 0 Å². The summed E-state index contributed by atoms with van der Waals surface area (Å²) in [6.45, 7) is 9.46. The molecule has 238 valence electrons. The van der Waals surface area contributed by atoms with Crippen molar-refractivity contribution in [2.24, 2.45) is 52.3 Å². The Morgan fingerprint density at radius 2 is 1.74 bits per heavy atom. The van der Waals surface area contributed by atoms with Gasteiger partial charge in [-0.3, -0.25) is 4.79 Å². The molecule has 0 aromatic heterocycles. The highest BCUT2D eigenvalue weighted by atomic mass is 16.7. The Kier molecular flexibility index (Phi) is 7.47. The summed E-state index contributed by atoms with van der Waals surface area (Å²) < 4.78 is 25.1. The van der Waals surface area contributed by atoms with Gasteiger partial charge in [-0.05, 0) is 80.0 Å². The van der Waals surface area contributed by atoms with Crippen molar-refractivity contribution in [2.45, 2.75) is 134 Å². The van der Waals surface area contributed by atoms with Crippen molar-refractivity contribution in [2.75, 3.05) is 13.2 Å². The second kappa shape index (κ2) is 10.4. The molecule has 4 aliphatic carbocycles. The lowest BCUT2D eigenvalue weighted by Crippen LogP contribution is -2.60. The number of rotatable bonds is 3. The molecule has 9 nitrogen and oxygen atoms in total. The molecule has 3 unspecified atom stereocenters. The Balaban J connectivity index is 1.05. The zero-order chi connectivity index (χ0) is 29.8. The van der Waals surface area contributed by atoms with Crippen LogP contribution in [-0.4, -0.2) is 88.1 Å². The molecule has 7 aliphatic rings. The van der Waals surface area contributed by atoms with E-state index >= 15 is 0 Å². The number of fused-ring (bicyclic) bond motifs is 7. The number of Topliss-reactive ketones (excluding diaryl/α,β-unsaturated/α-hetero) is 1. The largest absolute Gasteiger partial charge is 0.394 e. The summed E-state index contributed by atoms with van der Waals surface area (Å²) >= 11 is 0. The minimum atomic E-state index is -1.44. The molecule has 7 fully saturated rings. The highest BCUT2D eigenvalue weighted by Crippen LogP contribution is 2.70. The summed E-state index contributed by atoms with van der Waals surface area (Å²) in [5, 5.41) is 40.4. The molecular weight excluding hydrogens is 540 g/mol. The average Bonchev–Trinajstić information content (AvgIpc) is 3.42. The van der Waals surface area contributed by atoms with Gasteiger partial charge in [0.2, 0.25) is 0 Å². The maximum Gasteiger partial charge on any atom is 0.186 e. The van der Waals surface area contributed by atoms with Crippen molar-refractivity contribution < 1.29 is 44.2 Å². The van der Waals surface area contributed by atoms with Crippen LogP contribution in [0.25, 0.3) is 0 Å². The molecule has 0 aromatic carbocycles. The molecule has 0 aromatic rings. The molecule has 7 rings (SSSR count). The smallest absolute Gasteiger partial charge is 0.186 e. The summed E-state index contributed by atoms with van der Waals surface area (Å²) in [6.07, 6.45) is 2.04. The van der Waals surface area contributed by atoms with Gasteiger partial charge < -0.3 is 39.4 Å². The van der Waals surface area contributed by atoms with Gasteiger partial charge in [0, 0.05) is 30.1 Å². The second-order valence-electron chi connectivity index (χ2n) is 15.8. The van der Waals surface area contributed by atoms with E-state index in [1.165, 1.54) is 0 Å². The van der Waals surface area contributed by atoms with E-state index in [0.717, 1.165) is 58.0 Å². The molecule has 3 saturated heterocycles. The third-order valence-electron chi connectivity index (χ3n) is 13.9. The lowest BCUT2D eigenvalue weighted by Gasteiger charge is -2.60. The quantitative estimate of drug-likeness (QED) is 0.365. The molecule has 17 atom stereocenters. The molecular formula is C33H52O9. The van der Waals surface area contributed by atoms with Gasteiger partial charge in [0.15, 0.2) is 12.1 Å². The summed E-state index contributed by atoms with van der Waals surface area (Å²) in [7, 11) is 0. The molecule has 0 radical (unpaired) electrons. The van der Waals surface area contributed by atoms with Gasteiger partial charge in [-0.1, -0.05) is 27.7 Å². The topological polar surface area (TPSA) is 135 Å². The van der Waals surface area contributed by atoms with Crippen LogP contribution in [0.4, 0.5) is 0 Å². The Morgan fingerprint density at radius 1 is 0.952 bits per heavy atom. The molecule has 9 heteroatoms. The lowest BCUT2D eigenvalue weighted by molar-refractivity contribution is -0.316. The van der Waals surface area contributed by atoms with E-state index in [2.05, 4.69) is 27.7 Å². The summed E-state index contributed by atoms with van der Waals surface area (Å²) in [5.74, 6) is 2.52. The third kappa shape index (κ3) is 4.20. The van der Waals surface area contributed by atoms with Crippen molar-refractivity contribution in [3.8, 4) is 0 Å². The van der Waals surface area contributed by atoms with Crippen LogP contribution < -0.4 is 0 Å². The van der Waals surface area contributed by atoms with Gasteiger partial charge in [-0.15, -0.1) is 0 Å². The van der Waals surface area contributed by atoms with Crippen LogP contribution in [0, 0.1) is 52.3 Å². The van der Waals surface area contributed by atoms with Crippen molar-refractivity contribution >= 4 is 5.78 Å². The zero-order valence-electron chi connectivity index (χ0n) is 25.7. The molecule has 0 bridgehead atoms. The van der Waals surface area contributed by atoms with Gasteiger partial charge in [0.1, 0.15) is 30.2 Å². The van der Waals surface area contributed by atoms with Gasteiger partial charge in [0.05, 0.1) is 25.4 Å². The minimum Gasteiger partial charge on any atom is -0.394 e. The van der Waals surface area contributed by atoms with Crippen molar-refractivity contribution in [1.82, 2.24) is 0 Å². The van der Waals surface area contributed by atoms with Crippen LogP contribution in [0.3, 0.4) is 0 Å². The monoisotopic (exact) mass is 592 g/mol. The number of aliphatic hydroxyl groups is 4. The molecule has 1 spiro atoms. The summed E-state index contributed by atoms with van der Waals surface area (Å²) in [6, 6.07) is 0. The maximum absolute atomic E-state index is 14.3. The van der Waals surface area contributed by atoms with E-state index in [0.29, 0.717) is 41.8 Å². The fourth-order valence-electron chi connectivity index (χ4n) is 11.4. The number of hydrogen-bond acceptors (Lipinski definition) is 9. The minimum absolute atomic E-state index is 0.0448. The van der Waals surface area contributed by atoms with Gasteiger partial charge in [0.25, 0.3) is 0 Å². The van der Waals surface area contributed by atoms with E-state index in [4.69, 9.17) is 18.9 Å². The van der Waals surface area contributed by atoms with Gasteiger partial charge >= 0.3 is 0 Å². The first kappa shape index (κ1) is 30.0. The van der Waals surface area contributed by atoms with Crippen LogP contribution >= 0.6 is 0 Å². The standard InChI is InChI=1S/C33H52O9/c1-16-7-10-33(39-15-16)17(2)26-23(42-33)12-22-20-6-5-18-11-19(40-30-29(38)28(37)27(36)24(14-34)41-30)8-9-31(18,3)21(20)13-25(35)32(22,26)4/h16-24,26-30,34,36-38H,5-15H2,1-4H3/t16-,17+,18+,19+,20-,21+,22+,23+,24-,26+,27?,28?,29?,30-,31+,32-,33-/m1/s1. The number of ketones is 1. The summed E-state index contributed by atoms with van der Waals surface area (Å²) in [5.41, 5.74) is -0.309. The molecule has 4 saturated carbocycles. The lowest BCUT2D eigenvalue weighted by atomic mass is 9.44. The van der Waals surface area contributed by atoms with Crippen molar-refractivity contribution in [3.63, 3.8) is 0 Å². The molecule has 42 heavy (non-hydrogen) atoms. The predicted molar refractivity (Wildman–Crippen MR) is 151 cm³/mol. The molecule has 3 aliphatic heterocycles. The Morgan fingerprint density at radius 3 is 2.45 bits per heavy atom. The first-order valence-electron chi connectivity index (χ1n) is 16.7. The van der Waals surface area contributed by atoms with Crippen LogP contribution in [-0.2, 0) is 23.7 Å². The van der Waals surface area contributed by atoms with Crippen molar-refractivity contribution in [1.29, 1.82) is 0 Å². The van der Waals surface area contributed by atoms with Crippen LogP contribution in [0.1, 0.15) is 85.5 Å². The van der Waals surface area contributed by atoms with Crippen LogP contribution in [0.2, 0.25) is 0 Å². The zero-order valence-corrected chi connectivity index (χ0v) is 25.7. The third-order valence-corrected chi connectivity index (χ3v) is 13.9. The van der Waals surface area contributed by atoms with Crippen molar-refractivity contribution in [3.05, 3.63) is 0 Å². The first-order valence-corrected chi connectivity index (χ1v) is 16.7. The van der Waals surface area contributed by atoms with E-state index in [1.54, 1.807) is 0 Å². The van der Waals surface area contributed by atoms with Crippen LogP contribution in [0.15, 0.2) is 0 Å². The average molecular weight is 593 g/mol. The number of carbonyl (C=O) groups is 1. The number of ether oxygens (including phenoxy) is 4. The fraction of sp³-hybridized carbons (Fsp3) is 0.970.